The van der Waals surface area contributed by atoms with Crippen LogP contribution in [0.15, 0.2) is 22.5 Å². The van der Waals surface area contributed by atoms with Crippen molar-refractivity contribution in [1.82, 2.24) is 0 Å². The zero-order valence-corrected chi connectivity index (χ0v) is 8.70. The van der Waals surface area contributed by atoms with Crippen LogP contribution in [0.4, 0.5) is 0 Å². The minimum atomic E-state index is -1.08. The van der Waals surface area contributed by atoms with Gasteiger partial charge in [-0.15, -0.1) is 0 Å². The summed E-state index contributed by atoms with van der Waals surface area (Å²) in [5.74, 6) is 0. The molecule has 0 aromatic carbocycles. The number of aliphatic hydroxyl groups is 1. The molecule has 1 rings (SSSR count). The van der Waals surface area contributed by atoms with Crippen LogP contribution in [0.3, 0.4) is 0 Å². The number of nitrogens with two attached hydrogens (primary N) is 2. The third-order valence-corrected chi connectivity index (χ3v) is 2.84. The van der Waals surface area contributed by atoms with E-state index in [1.165, 1.54) is 6.08 Å². The lowest BCUT2D eigenvalue weighted by Crippen LogP contribution is -2.44. The van der Waals surface area contributed by atoms with Crippen LogP contribution in [0.5, 0.6) is 0 Å². The van der Waals surface area contributed by atoms with Crippen LogP contribution in [0.2, 0.25) is 0 Å². The first-order chi connectivity index (χ1) is 6.90. The quantitative estimate of drug-likeness (QED) is 0.470. The fourth-order valence-electron chi connectivity index (χ4n) is 1.43. The third kappa shape index (κ3) is 2.28. The van der Waals surface area contributed by atoms with Gasteiger partial charge in [-0.05, 0) is 12.5 Å². The topological polar surface area (TPSA) is 115 Å². The van der Waals surface area contributed by atoms with Crippen LogP contribution in [0.25, 0.3) is 0 Å². The zero-order valence-electron chi connectivity index (χ0n) is 7.94. The second-order valence-electron chi connectivity index (χ2n) is 3.46. The van der Waals surface area contributed by atoms with E-state index in [4.69, 9.17) is 28.2 Å². The Morgan fingerprint density at radius 3 is 2.80 bits per heavy atom. The normalized spacial score (nSPS) is 26.5. The minimum Gasteiger partial charge on any atom is -0.396 e. The van der Waals surface area contributed by atoms with E-state index in [0.29, 0.717) is 0 Å². The lowest BCUT2D eigenvalue weighted by molar-refractivity contribution is -0.430. The lowest BCUT2D eigenvalue weighted by Gasteiger charge is -2.30. The summed E-state index contributed by atoms with van der Waals surface area (Å²) in [6.45, 7) is -0.189. The molecular weight excluding hydrogens is 222 g/mol. The van der Waals surface area contributed by atoms with Gasteiger partial charge >= 0.3 is 0 Å². The Bertz CT molecular complexity index is 353. The molecule has 1 aliphatic rings. The molecule has 1 atom stereocenters. The SMILES string of the molecule is NC1=C([N+](=O)[O-])CC(N)(CCO)C(Cl)=C1. The number of hydrogen-bond donors (Lipinski definition) is 3. The van der Waals surface area contributed by atoms with E-state index in [0.717, 1.165) is 0 Å². The average Bonchev–Trinajstić information content (AvgIpc) is 2.12. The van der Waals surface area contributed by atoms with Crippen molar-refractivity contribution in [2.24, 2.45) is 11.5 Å². The predicted molar refractivity (Wildman–Crippen MR) is 55.4 cm³/mol. The van der Waals surface area contributed by atoms with Gasteiger partial charge in [0.2, 0.25) is 0 Å². The van der Waals surface area contributed by atoms with Crippen LogP contribution in [0.1, 0.15) is 12.8 Å². The second kappa shape index (κ2) is 4.18. The molecule has 0 saturated heterocycles. The van der Waals surface area contributed by atoms with E-state index in [9.17, 15) is 10.1 Å². The standard InChI is InChI=1S/C8H12ClN3O3/c9-7-3-5(10)6(12(14)15)4-8(7,11)1-2-13/h3,13H,1-2,4,10-11H2. The molecular formula is C8H12ClN3O3. The molecule has 7 heteroatoms. The van der Waals surface area contributed by atoms with Gasteiger partial charge in [-0.2, -0.15) is 0 Å². The van der Waals surface area contributed by atoms with Gasteiger partial charge in [-0.25, -0.2) is 0 Å². The zero-order chi connectivity index (χ0) is 11.6. The number of nitro groups is 1. The molecule has 15 heavy (non-hydrogen) atoms. The average molecular weight is 234 g/mol. The summed E-state index contributed by atoms with van der Waals surface area (Å²) in [5, 5.41) is 19.7. The Morgan fingerprint density at radius 2 is 2.33 bits per heavy atom. The number of hydrogen-bond acceptors (Lipinski definition) is 5. The lowest BCUT2D eigenvalue weighted by atomic mass is 9.86. The molecule has 84 valence electrons. The van der Waals surface area contributed by atoms with Gasteiger partial charge in [0.15, 0.2) is 0 Å². The van der Waals surface area contributed by atoms with Gasteiger partial charge in [0.25, 0.3) is 5.70 Å². The fraction of sp³-hybridized carbons (Fsp3) is 0.500. The fourth-order valence-corrected chi connectivity index (χ4v) is 1.70. The van der Waals surface area contributed by atoms with Crippen molar-refractivity contribution in [3.8, 4) is 0 Å². The smallest absolute Gasteiger partial charge is 0.271 e. The van der Waals surface area contributed by atoms with Crippen LogP contribution in [0, 0.1) is 10.1 Å². The van der Waals surface area contributed by atoms with Crippen LogP contribution in [-0.2, 0) is 0 Å². The number of aliphatic hydroxyl groups excluding tert-OH is 1. The summed E-state index contributed by atoms with van der Waals surface area (Å²) in [7, 11) is 0. The monoisotopic (exact) mass is 233 g/mol. The molecule has 0 bridgehead atoms. The highest BCUT2D eigenvalue weighted by molar-refractivity contribution is 6.31. The van der Waals surface area contributed by atoms with Gasteiger partial charge in [0.05, 0.1) is 16.9 Å². The Labute approximate surface area is 91.3 Å². The molecule has 6 nitrogen and oxygen atoms in total. The Hall–Kier alpha value is -1.11. The van der Waals surface area contributed by atoms with E-state index in [1.54, 1.807) is 0 Å². The van der Waals surface area contributed by atoms with Gasteiger partial charge in [-0.1, -0.05) is 11.6 Å². The molecule has 0 heterocycles. The van der Waals surface area contributed by atoms with Crippen molar-refractivity contribution in [2.45, 2.75) is 18.4 Å². The Morgan fingerprint density at radius 1 is 1.73 bits per heavy atom. The summed E-state index contributed by atoms with van der Waals surface area (Å²) in [6, 6.07) is 0. The molecule has 5 N–H and O–H groups in total. The summed E-state index contributed by atoms with van der Waals surface area (Å²) in [4.78, 5) is 10.1. The van der Waals surface area contributed by atoms with E-state index in [2.05, 4.69) is 0 Å². The van der Waals surface area contributed by atoms with Gasteiger partial charge in [0, 0.05) is 11.6 Å². The molecule has 0 aromatic heterocycles. The molecule has 1 unspecified atom stereocenters. The van der Waals surface area contributed by atoms with E-state index < -0.39 is 10.5 Å². The highest BCUT2D eigenvalue weighted by atomic mass is 35.5. The number of halogens is 1. The molecule has 1 aliphatic carbocycles. The van der Waals surface area contributed by atoms with Gasteiger partial charge in [-0.3, -0.25) is 10.1 Å². The largest absolute Gasteiger partial charge is 0.396 e. The highest BCUT2D eigenvalue weighted by Crippen LogP contribution is 2.34. The summed E-state index contributed by atoms with van der Waals surface area (Å²) in [5.41, 5.74) is 10.1. The van der Waals surface area contributed by atoms with Crippen molar-refractivity contribution >= 4 is 11.6 Å². The Balaban J connectivity index is 3.06. The van der Waals surface area contributed by atoms with Crippen molar-refractivity contribution in [3.05, 3.63) is 32.6 Å². The van der Waals surface area contributed by atoms with Crippen molar-refractivity contribution in [3.63, 3.8) is 0 Å². The van der Waals surface area contributed by atoms with Crippen LogP contribution < -0.4 is 11.5 Å². The van der Waals surface area contributed by atoms with Crippen LogP contribution >= 0.6 is 11.6 Å². The maximum Gasteiger partial charge on any atom is 0.271 e. The Kier molecular flexibility index (Phi) is 3.33. The van der Waals surface area contributed by atoms with Crippen molar-refractivity contribution in [1.29, 1.82) is 0 Å². The van der Waals surface area contributed by atoms with Crippen molar-refractivity contribution < 1.29 is 10.0 Å². The summed E-state index contributed by atoms with van der Waals surface area (Å²) in [6.07, 6.45) is 1.37. The van der Waals surface area contributed by atoms with Gasteiger partial charge in [0.1, 0.15) is 5.70 Å². The first-order valence-electron chi connectivity index (χ1n) is 4.31. The summed E-state index contributed by atoms with van der Waals surface area (Å²) >= 11 is 5.86. The van der Waals surface area contributed by atoms with E-state index in [1.807, 2.05) is 0 Å². The number of rotatable bonds is 3. The maximum absolute atomic E-state index is 10.6. The first-order valence-corrected chi connectivity index (χ1v) is 4.69. The molecule has 0 aliphatic heterocycles. The van der Waals surface area contributed by atoms with Crippen LogP contribution in [-0.4, -0.2) is 22.2 Å². The predicted octanol–water partition coefficient (Wildman–Crippen LogP) is 0.0397. The number of allylic oxidation sites excluding steroid dienone is 1. The minimum absolute atomic E-state index is 0.0176. The molecule has 0 fully saturated rings. The molecule has 0 spiro atoms. The number of nitrogens with zero attached hydrogens (tertiary/aromatic N) is 1. The molecule has 0 radical (unpaired) electrons. The maximum atomic E-state index is 10.6. The molecule has 0 aromatic rings. The molecule has 0 saturated carbocycles. The molecule has 0 amide bonds. The van der Waals surface area contributed by atoms with E-state index in [-0.39, 0.29) is 35.9 Å². The second-order valence-corrected chi connectivity index (χ2v) is 3.87. The highest BCUT2D eigenvalue weighted by Gasteiger charge is 2.38. The third-order valence-electron chi connectivity index (χ3n) is 2.35. The first kappa shape index (κ1) is 12.0. The van der Waals surface area contributed by atoms with Crippen molar-refractivity contribution in [2.75, 3.05) is 6.61 Å². The summed E-state index contributed by atoms with van der Waals surface area (Å²) < 4.78 is 0. The van der Waals surface area contributed by atoms with Gasteiger partial charge < -0.3 is 16.6 Å². The van der Waals surface area contributed by atoms with E-state index >= 15 is 0 Å².